The lowest BCUT2D eigenvalue weighted by molar-refractivity contribution is 0.150. The monoisotopic (exact) mass is 278 g/mol. The average Bonchev–Trinajstić information content (AvgIpc) is 2.73. The predicted molar refractivity (Wildman–Crippen MR) is 76.5 cm³/mol. The molecule has 0 atom stereocenters. The first-order valence-electron chi connectivity index (χ1n) is 6.92. The number of fused-ring (bicyclic) bond motifs is 1. The molecule has 0 aliphatic carbocycles. The number of aromatic amines is 1. The van der Waals surface area contributed by atoms with Crippen LogP contribution in [0.3, 0.4) is 0 Å². The zero-order chi connectivity index (χ0) is 14.1. The van der Waals surface area contributed by atoms with Crippen LogP contribution in [0.5, 0.6) is 0 Å². The molecular weight excluding hydrogens is 259 g/mol. The summed E-state index contributed by atoms with van der Waals surface area (Å²) in [6.45, 7) is 5.67. The summed E-state index contributed by atoms with van der Waals surface area (Å²) < 4.78 is 14.8. The van der Waals surface area contributed by atoms with Crippen LogP contribution in [0.15, 0.2) is 23.0 Å². The Balaban J connectivity index is 1.74. The Labute approximate surface area is 116 Å². The van der Waals surface area contributed by atoms with E-state index in [1.54, 1.807) is 10.6 Å². The Kier molecular flexibility index (Phi) is 3.58. The SMILES string of the molecule is CN1CCN(CCn2c(=O)[nH]c3cc(F)ccc32)CC1. The molecule has 0 spiro atoms. The van der Waals surface area contributed by atoms with Crippen molar-refractivity contribution < 1.29 is 4.39 Å². The summed E-state index contributed by atoms with van der Waals surface area (Å²) in [5, 5.41) is 0. The molecule has 1 aliphatic heterocycles. The Morgan fingerprint density at radius 1 is 1.20 bits per heavy atom. The lowest BCUT2D eigenvalue weighted by atomic mass is 10.3. The highest BCUT2D eigenvalue weighted by Crippen LogP contribution is 2.12. The molecule has 0 saturated carbocycles. The van der Waals surface area contributed by atoms with E-state index >= 15 is 0 Å². The first-order valence-corrected chi connectivity index (χ1v) is 6.92. The Morgan fingerprint density at radius 2 is 1.95 bits per heavy atom. The second-order valence-corrected chi connectivity index (χ2v) is 5.39. The Morgan fingerprint density at radius 3 is 2.70 bits per heavy atom. The summed E-state index contributed by atoms with van der Waals surface area (Å²) in [5.74, 6) is -0.329. The molecule has 2 heterocycles. The third kappa shape index (κ3) is 2.62. The van der Waals surface area contributed by atoms with Gasteiger partial charge in [-0.1, -0.05) is 0 Å². The molecule has 6 heteroatoms. The molecule has 0 bridgehead atoms. The van der Waals surface area contributed by atoms with Crippen molar-refractivity contribution in [1.29, 1.82) is 0 Å². The van der Waals surface area contributed by atoms with Crippen LogP contribution in [0, 0.1) is 5.82 Å². The molecule has 1 saturated heterocycles. The second kappa shape index (κ2) is 5.38. The quantitative estimate of drug-likeness (QED) is 0.899. The van der Waals surface area contributed by atoms with Crippen LogP contribution in [0.1, 0.15) is 0 Å². The fourth-order valence-corrected chi connectivity index (χ4v) is 2.67. The number of imidazole rings is 1. The number of nitrogens with one attached hydrogen (secondary N) is 1. The van der Waals surface area contributed by atoms with E-state index in [0.29, 0.717) is 12.1 Å². The van der Waals surface area contributed by atoms with E-state index in [1.165, 1.54) is 12.1 Å². The molecule has 1 aromatic carbocycles. The van der Waals surface area contributed by atoms with Gasteiger partial charge >= 0.3 is 5.69 Å². The zero-order valence-corrected chi connectivity index (χ0v) is 11.6. The van der Waals surface area contributed by atoms with Gasteiger partial charge < -0.3 is 9.88 Å². The normalized spacial score (nSPS) is 17.9. The number of H-pyrrole nitrogens is 1. The number of nitrogens with zero attached hydrogens (tertiary/aromatic N) is 3. The van der Waals surface area contributed by atoms with Crippen molar-refractivity contribution in [3.63, 3.8) is 0 Å². The van der Waals surface area contributed by atoms with Gasteiger partial charge in [-0.05, 0) is 25.2 Å². The summed E-state index contributed by atoms with van der Waals surface area (Å²) in [6, 6.07) is 4.41. The number of hydrogen-bond acceptors (Lipinski definition) is 3. The van der Waals surface area contributed by atoms with E-state index in [0.717, 1.165) is 38.2 Å². The van der Waals surface area contributed by atoms with Crippen LogP contribution in [0.2, 0.25) is 0 Å². The lowest BCUT2D eigenvalue weighted by Gasteiger charge is -2.32. The van der Waals surface area contributed by atoms with Gasteiger partial charge in [-0.2, -0.15) is 0 Å². The minimum absolute atomic E-state index is 0.167. The van der Waals surface area contributed by atoms with Gasteiger partial charge in [-0.15, -0.1) is 0 Å². The fourth-order valence-electron chi connectivity index (χ4n) is 2.67. The highest BCUT2D eigenvalue weighted by atomic mass is 19.1. The number of benzene rings is 1. The zero-order valence-electron chi connectivity index (χ0n) is 11.6. The topological polar surface area (TPSA) is 44.3 Å². The summed E-state index contributed by atoms with van der Waals surface area (Å²) in [7, 11) is 2.12. The van der Waals surface area contributed by atoms with Gasteiger partial charge in [0, 0.05) is 39.3 Å². The van der Waals surface area contributed by atoms with E-state index in [1.807, 2.05) is 0 Å². The van der Waals surface area contributed by atoms with Gasteiger partial charge in [0.15, 0.2) is 0 Å². The summed E-state index contributed by atoms with van der Waals surface area (Å²) in [4.78, 5) is 19.3. The molecule has 2 aromatic rings. The predicted octanol–water partition coefficient (Wildman–Crippen LogP) is 0.716. The van der Waals surface area contributed by atoms with Crippen molar-refractivity contribution in [3.8, 4) is 0 Å². The number of rotatable bonds is 3. The highest BCUT2D eigenvalue weighted by molar-refractivity contribution is 5.75. The summed E-state index contributed by atoms with van der Waals surface area (Å²) >= 11 is 0. The highest BCUT2D eigenvalue weighted by Gasteiger charge is 2.14. The molecule has 0 amide bonds. The third-order valence-corrected chi connectivity index (χ3v) is 3.97. The van der Waals surface area contributed by atoms with Crippen LogP contribution in [0.25, 0.3) is 11.0 Å². The maximum Gasteiger partial charge on any atom is 0.326 e. The van der Waals surface area contributed by atoms with E-state index in [9.17, 15) is 9.18 Å². The minimum atomic E-state index is -0.329. The van der Waals surface area contributed by atoms with Gasteiger partial charge in [0.1, 0.15) is 5.82 Å². The summed E-state index contributed by atoms with van der Waals surface area (Å²) in [5.41, 5.74) is 1.17. The van der Waals surface area contributed by atoms with Crippen LogP contribution in [-0.4, -0.2) is 59.1 Å². The number of likely N-dealkylation sites (N-methyl/N-ethyl adjacent to an activating group) is 1. The van der Waals surface area contributed by atoms with E-state index in [4.69, 9.17) is 0 Å². The van der Waals surface area contributed by atoms with Crippen LogP contribution < -0.4 is 5.69 Å². The van der Waals surface area contributed by atoms with Gasteiger partial charge in [0.25, 0.3) is 0 Å². The van der Waals surface area contributed by atoms with Crippen molar-refractivity contribution in [1.82, 2.24) is 19.4 Å². The maximum absolute atomic E-state index is 13.1. The number of aromatic nitrogens is 2. The molecule has 20 heavy (non-hydrogen) atoms. The van der Waals surface area contributed by atoms with Crippen molar-refractivity contribution in [2.45, 2.75) is 6.54 Å². The standard InChI is InChI=1S/C14H19FN4O/c1-17-4-6-18(7-5-17)8-9-19-13-3-2-11(15)10-12(13)16-14(19)20/h2-3,10H,4-9H2,1H3,(H,16,20). The second-order valence-electron chi connectivity index (χ2n) is 5.39. The maximum atomic E-state index is 13.1. The smallest absolute Gasteiger partial charge is 0.305 e. The van der Waals surface area contributed by atoms with Crippen molar-refractivity contribution in [2.75, 3.05) is 39.8 Å². The first kappa shape index (κ1) is 13.3. The van der Waals surface area contributed by atoms with Crippen molar-refractivity contribution in [3.05, 3.63) is 34.5 Å². The molecule has 5 nitrogen and oxygen atoms in total. The molecule has 0 radical (unpaired) electrons. The first-order chi connectivity index (χ1) is 9.63. The van der Waals surface area contributed by atoms with Crippen LogP contribution >= 0.6 is 0 Å². The fraction of sp³-hybridized carbons (Fsp3) is 0.500. The van der Waals surface area contributed by atoms with Gasteiger partial charge in [0.2, 0.25) is 0 Å². The number of piperazine rings is 1. The van der Waals surface area contributed by atoms with Crippen molar-refractivity contribution >= 4 is 11.0 Å². The molecule has 1 N–H and O–H groups in total. The molecule has 0 unspecified atom stereocenters. The molecule has 108 valence electrons. The molecule has 3 rings (SSSR count). The number of halogens is 1. The lowest BCUT2D eigenvalue weighted by Crippen LogP contribution is -2.45. The van der Waals surface area contributed by atoms with Crippen LogP contribution in [0.4, 0.5) is 4.39 Å². The van der Waals surface area contributed by atoms with Crippen molar-refractivity contribution in [2.24, 2.45) is 0 Å². The molecule has 1 aliphatic rings. The molecular formula is C14H19FN4O. The van der Waals surface area contributed by atoms with E-state index < -0.39 is 0 Å². The van der Waals surface area contributed by atoms with E-state index in [2.05, 4.69) is 21.8 Å². The van der Waals surface area contributed by atoms with E-state index in [-0.39, 0.29) is 11.5 Å². The Bertz CT molecular complexity index is 655. The summed E-state index contributed by atoms with van der Waals surface area (Å²) in [6.07, 6.45) is 0. The molecule has 1 aromatic heterocycles. The van der Waals surface area contributed by atoms with Gasteiger partial charge in [-0.25, -0.2) is 9.18 Å². The van der Waals surface area contributed by atoms with Gasteiger partial charge in [0.05, 0.1) is 11.0 Å². The minimum Gasteiger partial charge on any atom is -0.305 e. The average molecular weight is 278 g/mol. The Hall–Kier alpha value is -1.66. The number of hydrogen-bond donors (Lipinski definition) is 1. The van der Waals surface area contributed by atoms with Crippen LogP contribution in [-0.2, 0) is 6.54 Å². The van der Waals surface area contributed by atoms with Gasteiger partial charge in [-0.3, -0.25) is 9.47 Å². The third-order valence-electron chi connectivity index (χ3n) is 3.97. The molecule has 1 fully saturated rings. The largest absolute Gasteiger partial charge is 0.326 e.